The van der Waals surface area contributed by atoms with Gasteiger partial charge in [0.25, 0.3) is 0 Å². The second-order valence-electron chi connectivity index (χ2n) is 4.59. The summed E-state index contributed by atoms with van der Waals surface area (Å²) < 4.78 is 0. The molecule has 3 rings (SSSR count). The number of aliphatic hydroxyl groups excluding tert-OH is 1. The van der Waals surface area contributed by atoms with Gasteiger partial charge in [-0.3, -0.25) is 9.59 Å². The molecule has 3 heteroatoms. The number of aliphatic hydroxyl groups is 1. The van der Waals surface area contributed by atoms with E-state index < -0.39 is 11.6 Å². The Bertz CT molecular complexity index is 742. The Kier molecular flexibility index (Phi) is 3.05. The van der Waals surface area contributed by atoms with E-state index in [0.717, 1.165) is 16.7 Å². The first-order chi connectivity index (χ1) is 9.72. The van der Waals surface area contributed by atoms with Gasteiger partial charge in [-0.2, -0.15) is 0 Å². The second-order valence-corrected chi connectivity index (χ2v) is 4.59. The maximum Gasteiger partial charge on any atom is 0.234 e. The molecule has 0 aliphatic heterocycles. The minimum absolute atomic E-state index is 0.0366. The third-order valence-electron chi connectivity index (χ3n) is 3.37. The minimum atomic E-state index is -0.462. The highest BCUT2D eigenvalue weighted by molar-refractivity contribution is 6.53. The molecular formula is C17H12O3. The first kappa shape index (κ1) is 12.5. The fourth-order valence-corrected chi connectivity index (χ4v) is 2.44. The van der Waals surface area contributed by atoms with Crippen LogP contribution in [0.2, 0.25) is 0 Å². The first-order valence-electron chi connectivity index (χ1n) is 6.32. The molecule has 0 aromatic heterocycles. The summed E-state index contributed by atoms with van der Waals surface area (Å²) in [4.78, 5) is 24.1. The average Bonchev–Trinajstić information content (AvgIpc) is 2.50. The van der Waals surface area contributed by atoms with Crippen molar-refractivity contribution in [1.29, 1.82) is 0 Å². The van der Waals surface area contributed by atoms with E-state index in [4.69, 9.17) is 5.11 Å². The Hall–Kier alpha value is -2.52. The Morgan fingerprint density at radius 1 is 0.850 bits per heavy atom. The van der Waals surface area contributed by atoms with Crippen molar-refractivity contribution in [2.45, 2.75) is 0 Å². The summed E-state index contributed by atoms with van der Waals surface area (Å²) in [7, 11) is 0. The monoisotopic (exact) mass is 264 g/mol. The Morgan fingerprint density at radius 3 is 2.20 bits per heavy atom. The highest BCUT2D eigenvalue weighted by atomic mass is 16.2. The van der Waals surface area contributed by atoms with Gasteiger partial charge in [-0.25, -0.2) is 0 Å². The summed E-state index contributed by atoms with van der Waals surface area (Å²) in [5, 5.41) is 8.81. The number of carbonyl (C=O) groups excluding carboxylic acids is 2. The predicted octanol–water partition coefficient (Wildman–Crippen LogP) is 2.74. The Morgan fingerprint density at radius 2 is 1.50 bits per heavy atom. The van der Waals surface area contributed by atoms with Gasteiger partial charge in [0.1, 0.15) is 0 Å². The number of benzene rings is 2. The van der Waals surface area contributed by atoms with Crippen molar-refractivity contribution in [3.05, 3.63) is 65.2 Å². The molecular weight excluding hydrogens is 252 g/mol. The van der Waals surface area contributed by atoms with Crippen LogP contribution in [0.1, 0.15) is 26.3 Å². The zero-order valence-electron chi connectivity index (χ0n) is 10.7. The van der Waals surface area contributed by atoms with E-state index in [-0.39, 0.29) is 6.61 Å². The lowest BCUT2D eigenvalue weighted by atomic mass is 9.83. The van der Waals surface area contributed by atoms with Crippen LogP contribution in [0.4, 0.5) is 0 Å². The van der Waals surface area contributed by atoms with Crippen LogP contribution in [0.5, 0.6) is 0 Å². The summed E-state index contributed by atoms with van der Waals surface area (Å²) in [5.41, 5.74) is 3.33. The quantitative estimate of drug-likeness (QED) is 0.848. The lowest BCUT2D eigenvalue weighted by Gasteiger charge is -2.18. The highest BCUT2D eigenvalue weighted by Gasteiger charge is 2.29. The zero-order valence-corrected chi connectivity index (χ0v) is 10.7. The van der Waals surface area contributed by atoms with Crippen molar-refractivity contribution in [3.63, 3.8) is 0 Å². The number of hydrogen-bond donors (Lipinski definition) is 1. The van der Waals surface area contributed by atoms with Gasteiger partial charge < -0.3 is 5.11 Å². The normalized spacial score (nSPS) is 13.4. The molecule has 0 bridgehead atoms. The van der Waals surface area contributed by atoms with Gasteiger partial charge >= 0.3 is 0 Å². The van der Waals surface area contributed by atoms with Gasteiger partial charge in [-0.15, -0.1) is 0 Å². The third-order valence-corrected chi connectivity index (χ3v) is 3.37. The van der Waals surface area contributed by atoms with Crippen LogP contribution < -0.4 is 0 Å². The van der Waals surface area contributed by atoms with Crippen molar-refractivity contribution in [2.24, 2.45) is 0 Å². The molecule has 0 saturated carbocycles. The number of hydrogen-bond acceptors (Lipinski definition) is 3. The lowest BCUT2D eigenvalue weighted by Crippen LogP contribution is -2.21. The Balaban J connectivity index is 2.23. The van der Waals surface area contributed by atoms with Crippen LogP contribution in [-0.2, 0) is 0 Å². The molecule has 3 nitrogen and oxygen atoms in total. The number of carbonyl (C=O) groups is 2. The minimum Gasteiger partial charge on any atom is -0.392 e. The first-order valence-corrected chi connectivity index (χ1v) is 6.32. The third kappa shape index (κ3) is 1.89. The molecule has 0 atom stereocenters. The van der Waals surface area contributed by atoms with Crippen molar-refractivity contribution < 1.29 is 14.7 Å². The van der Waals surface area contributed by atoms with Gasteiger partial charge in [0.15, 0.2) is 0 Å². The van der Waals surface area contributed by atoms with Gasteiger partial charge in [-0.05, 0) is 28.8 Å². The summed E-state index contributed by atoms with van der Waals surface area (Å²) in [5.74, 6) is -0.914. The molecule has 1 N–H and O–H groups in total. The van der Waals surface area contributed by atoms with Gasteiger partial charge in [-0.1, -0.05) is 42.5 Å². The SMILES string of the molecule is O=C1C(=O)c2ccc(C=CCO)cc2-c2ccccc21. The maximum atomic E-state index is 12.1. The summed E-state index contributed by atoms with van der Waals surface area (Å²) in [6, 6.07) is 12.4. The number of ketones is 2. The molecule has 1 aliphatic carbocycles. The number of fused-ring (bicyclic) bond motifs is 3. The van der Waals surface area contributed by atoms with E-state index in [1.165, 1.54) is 0 Å². The second kappa shape index (κ2) is 4.87. The summed E-state index contributed by atoms with van der Waals surface area (Å²) in [6.07, 6.45) is 3.41. The van der Waals surface area contributed by atoms with Crippen LogP contribution in [-0.4, -0.2) is 23.3 Å². The van der Waals surface area contributed by atoms with Crippen molar-refractivity contribution in [1.82, 2.24) is 0 Å². The fraction of sp³-hybridized carbons (Fsp3) is 0.0588. The lowest BCUT2D eigenvalue weighted by molar-refractivity contribution is 0.0815. The number of Topliss-reactive ketones (excluding diaryl/α,β-unsaturated/α-hetero) is 2. The summed E-state index contributed by atoms with van der Waals surface area (Å²) in [6.45, 7) is -0.0366. The largest absolute Gasteiger partial charge is 0.392 e. The fourth-order valence-electron chi connectivity index (χ4n) is 2.44. The molecule has 0 heterocycles. The molecule has 2 aromatic rings. The predicted molar refractivity (Wildman–Crippen MR) is 76.7 cm³/mol. The molecule has 0 fully saturated rings. The van der Waals surface area contributed by atoms with E-state index in [2.05, 4.69) is 0 Å². The highest BCUT2D eigenvalue weighted by Crippen LogP contribution is 2.34. The van der Waals surface area contributed by atoms with E-state index in [1.807, 2.05) is 18.2 Å². The molecule has 1 aliphatic rings. The van der Waals surface area contributed by atoms with Crippen LogP contribution in [0, 0.1) is 0 Å². The van der Waals surface area contributed by atoms with Crippen molar-refractivity contribution in [3.8, 4) is 11.1 Å². The molecule has 20 heavy (non-hydrogen) atoms. The molecule has 0 spiro atoms. The molecule has 0 saturated heterocycles. The van der Waals surface area contributed by atoms with Crippen LogP contribution in [0.15, 0.2) is 48.5 Å². The molecule has 0 radical (unpaired) electrons. The number of rotatable bonds is 2. The standard InChI is InChI=1S/C17H12O3/c18-9-3-4-11-7-8-14-15(10-11)12-5-1-2-6-13(12)16(19)17(14)20/h1-8,10,18H,9H2. The van der Waals surface area contributed by atoms with E-state index in [9.17, 15) is 9.59 Å². The van der Waals surface area contributed by atoms with Gasteiger partial charge in [0, 0.05) is 11.1 Å². The van der Waals surface area contributed by atoms with E-state index in [0.29, 0.717) is 11.1 Å². The molecule has 98 valence electrons. The van der Waals surface area contributed by atoms with Crippen LogP contribution in [0.25, 0.3) is 17.2 Å². The molecule has 2 aromatic carbocycles. The van der Waals surface area contributed by atoms with Crippen molar-refractivity contribution >= 4 is 17.6 Å². The van der Waals surface area contributed by atoms with Crippen LogP contribution >= 0.6 is 0 Å². The molecule has 0 amide bonds. The van der Waals surface area contributed by atoms with Gasteiger partial charge in [0.2, 0.25) is 11.6 Å². The summed E-state index contributed by atoms with van der Waals surface area (Å²) >= 11 is 0. The smallest absolute Gasteiger partial charge is 0.234 e. The Labute approximate surface area is 116 Å². The van der Waals surface area contributed by atoms with E-state index in [1.54, 1.807) is 36.4 Å². The van der Waals surface area contributed by atoms with Crippen molar-refractivity contribution in [2.75, 3.05) is 6.61 Å². The average molecular weight is 264 g/mol. The van der Waals surface area contributed by atoms with Gasteiger partial charge in [0.05, 0.1) is 6.61 Å². The maximum absolute atomic E-state index is 12.1. The zero-order chi connectivity index (χ0) is 14.1. The molecule has 0 unspecified atom stereocenters. The topological polar surface area (TPSA) is 54.4 Å². The van der Waals surface area contributed by atoms with Crippen LogP contribution in [0.3, 0.4) is 0 Å². The van der Waals surface area contributed by atoms with E-state index >= 15 is 0 Å².